The van der Waals surface area contributed by atoms with Crippen LogP contribution in [0.25, 0.3) is 11.1 Å². The van der Waals surface area contributed by atoms with Crippen molar-refractivity contribution >= 4 is 23.9 Å². The Labute approximate surface area is 162 Å². The predicted octanol–water partition coefficient (Wildman–Crippen LogP) is 5.45. The lowest BCUT2D eigenvalue weighted by molar-refractivity contribution is -0.137. The molecule has 1 unspecified atom stereocenters. The zero-order valence-corrected chi connectivity index (χ0v) is 15.3. The fourth-order valence-electron chi connectivity index (χ4n) is 3.05. The number of carbonyl (C=O) groups is 1. The minimum atomic E-state index is -4.63. The maximum absolute atomic E-state index is 13.8. The van der Waals surface area contributed by atoms with Gasteiger partial charge in [-0.3, -0.25) is 4.79 Å². The highest BCUT2D eigenvalue weighted by Gasteiger charge is 2.39. The van der Waals surface area contributed by atoms with Gasteiger partial charge in [0.05, 0.1) is 16.6 Å². The monoisotopic (exact) mass is 414 g/mol. The zero-order valence-electron chi connectivity index (χ0n) is 14.5. The number of rotatable bonds is 5. The van der Waals surface area contributed by atoms with E-state index in [0.717, 1.165) is 28.8 Å². The summed E-state index contributed by atoms with van der Waals surface area (Å²) < 4.78 is 67.5. The Morgan fingerprint density at radius 2 is 1.82 bits per heavy atom. The van der Waals surface area contributed by atoms with Crippen LogP contribution in [-0.4, -0.2) is 18.2 Å². The molecular formula is C19H15F5N2OS. The first-order valence-electron chi connectivity index (χ1n) is 8.19. The minimum Gasteiger partial charge on any atom is -0.325 e. The van der Waals surface area contributed by atoms with Crippen LogP contribution in [-0.2, 0) is 11.0 Å². The van der Waals surface area contributed by atoms with Gasteiger partial charge in [0.1, 0.15) is 10.7 Å². The van der Waals surface area contributed by atoms with Gasteiger partial charge >= 0.3 is 6.18 Å². The van der Waals surface area contributed by atoms with Crippen LogP contribution in [0, 0.1) is 0 Å². The molecule has 2 aromatic rings. The van der Waals surface area contributed by atoms with E-state index in [1.165, 1.54) is 6.07 Å². The van der Waals surface area contributed by atoms with E-state index in [9.17, 15) is 26.7 Å². The van der Waals surface area contributed by atoms with Gasteiger partial charge in [0.15, 0.2) is 0 Å². The van der Waals surface area contributed by atoms with Crippen LogP contribution < -0.4 is 10.2 Å². The lowest BCUT2D eigenvalue weighted by atomic mass is 10.00. The Kier molecular flexibility index (Phi) is 5.64. The molecule has 0 aliphatic carbocycles. The number of anilines is 1. The first kappa shape index (κ1) is 20.2. The molecule has 148 valence electrons. The van der Waals surface area contributed by atoms with Crippen molar-refractivity contribution in [2.45, 2.75) is 24.9 Å². The van der Waals surface area contributed by atoms with E-state index in [4.69, 9.17) is 0 Å². The summed E-state index contributed by atoms with van der Waals surface area (Å²) in [6, 6.07) is 11.6. The minimum absolute atomic E-state index is 0.000904. The molecule has 3 rings (SSSR count). The van der Waals surface area contributed by atoms with E-state index < -0.39 is 29.2 Å². The average Bonchev–Trinajstić information content (AvgIpc) is 2.97. The summed E-state index contributed by atoms with van der Waals surface area (Å²) in [6.07, 6.45) is -7.35. The Balaban J connectivity index is 2.24. The van der Waals surface area contributed by atoms with E-state index in [1.54, 1.807) is 37.3 Å². The first-order chi connectivity index (χ1) is 13.2. The Hall–Kier alpha value is -2.55. The molecule has 2 aromatic carbocycles. The van der Waals surface area contributed by atoms with Crippen molar-refractivity contribution in [3.63, 3.8) is 0 Å². The van der Waals surface area contributed by atoms with Crippen molar-refractivity contribution in [3.8, 4) is 11.1 Å². The van der Waals surface area contributed by atoms with Crippen LogP contribution >= 0.6 is 11.8 Å². The number of benzene rings is 2. The molecule has 1 amide bonds. The highest BCUT2D eigenvalue weighted by molar-refractivity contribution is 8.04. The lowest BCUT2D eigenvalue weighted by Crippen LogP contribution is -2.30. The van der Waals surface area contributed by atoms with Gasteiger partial charge in [-0.2, -0.15) is 13.2 Å². The molecule has 0 saturated heterocycles. The van der Waals surface area contributed by atoms with Crippen LogP contribution in [0.2, 0.25) is 0 Å². The van der Waals surface area contributed by atoms with Gasteiger partial charge in [0.2, 0.25) is 6.41 Å². The predicted molar refractivity (Wildman–Crippen MR) is 98.6 cm³/mol. The van der Waals surface area contributed by atoms with Crippen molar-refractivity contribution in [2.24, 2.45) is 0 Å². The lowest BCUT2D eigenvalue weighted by Gasteiger charge is -2.29. The molecule has 0 radical (unpaired) electrons. The number of allylic oxidation sites excluding steroid dienone is 1. The number of alkyl halides is 5. The Morgan fingerprint density at radius 1 is 1.14 bits per heavy atom. The first-order valence-corrected chi connectivity index (χ1v) is 9.07. The highest BCUT2D eigenvalue weighted by Crippen LogP contribution is 2.46. The molecule has 1 heterocycles. The number of hydrogen-bond acceptors (Lipinski definition) is 3. The fourth-order valence-corrected chi connectivity index (χ4v) is 4.15. The topological polar surface area (TPSA) is 32.3 Å². The van der Waals surface area contributed by atoms with Crippen LogP contribution in [0.5, 0.6) is 0 Å². The maximum Gasteiger partial charge on any atom is 0.416 e. The number of nitrogens with one attached hydrogen (secondary N) is 1. The SMILES string of the molecule is CC1SC(NC=O)=C(C(F)F)N1c1cc(C(F)(F)F)ccc1-c1ccccc1. The molecule has 0 bridgehead atoms. The largest absolute Gasteiger partial charge is 0.416 e. The number of amides is 1. The summed E-state index contributed by atoms with van der Waals surface area (Å²) in [7, 11) is 0. The Bertz CT molecular complexity index is 899. The number of thioether (sulfide) groups is 1. The second-order valence-corrected chi connectivity index (χ2v) is 7.29. The van der Waals surface area contributed by atoms with Crippen molar-refractivity contribution in [1.29, 1.82) is 0 Å². The number of carbonyl (C=O) groups excluding carboxylic acids is 1. The van der Waals surface area contributed by atoms with Gasteiger partial charge in [-0.05, 0) is 24.6 Å². The van der Waals surface area contributed by atoms with E-state index in [1.807, 2.05) is 0 Å². The molecule has 1 atom stereocenters. The van der Waals surface area contributed by atoms with Crippen molar-refractivity contribution in [2.75, 3.05) is 4.90 Å². The summed E-state index contributed by atoms with van der Waals surface area (Å²) in [5, 5.41) is 1.51. The van der Waals surface area contributed by atoms with Crippen LogP contribution in [0.4, 0.5) is 27.6 Å². The van der Waals surface area contributed by atoms with Gasteiger partial charge in [-0.25, -0.2) is 8.78 Å². The van der Waals surface area contributed by atoms with Crippen LogP contribution in [0.3, 0.4) is 0 Å². The van der Waals surface area contributed by atoms with Crippen molar-refractivity contribution in [1.82, 2.24) is 5.32 Å². The number of nitrogens with zero attached hydrogens (tertiary/aromatic N) is 1. The highest BCUT2D eigenvalue weighted by atomic mass is 32.2. The standard InChI is InChI=1S/C19H15F5N2OS/c1-11-26(16(17(20)21)18(28-11)25-10-27)15-9-13(19(22,23)24)7-8-14(15)12-5-3-2-4-6-12/h2-11,17H,1H3,(H,25,27). The van der Waals surface area contributed by atoms with Gasteiger partial charge in [-0.15, -0.1) is 0 Å². The molecule has 0 spiro atoms. The quantitative estimate of drug-likeness (QED) is 0.522. The molecule has 1 aliphatic rings. The smallest absolute Gasteiger partial charge is 0.325 e. The maximum atomic E-state index is 13.8. The zero-order chi connectivity index (χ0) is 20.5. The van der Waals surface area contributed by atoms with Gasteiger partial charge in [-0.1, -0.05) is 48.2 Å². The van der Waals surface area contributed by atoms with Gasteiger partial charge in [0, 0.05) is 5.56 Å². The summed E-state index contributed by atoms with van der Waals surface area (Å²) in [5.41, 5.74) is -0.495. The number of halogens is 5. The molecule has 0 saturated carbocycles. The summed E-state index contributed by atoms with van der Waals surface area (Å²) in [6.45, 7) is 1.58. The molecular weight excluding hydrogens is 399 g/mol. The molecule has 0 fully saturated rings. The molecule has 9 heteroatoms. The van der Waals surface area contributed by atoms with Gasteiger partial charge < -0.3 is 10.2 Å². The second kappa shape index (κ2) is 7.83. The van der Waals surface area contributed by atoms with Crippen molar-refractivity contribution < 1.29 is 26.7 Å². The molecule has 1 aliphatic heterocycles. The fraction of sp³-hybridized carbons (Fsp3) is 0.211. The third kappa shape index (κ3) is 3.84. The van der Waals surface area contributed by atoms with E-state index in [0.29, 0.717) is 11.1 Å². The Morgan fingerprint density at radius 3 is 2.39 bits per heavy atom. The molecule has 1 N–H and O–H groups in total. The summed E-state index contributed by atoms with van der Waals surface area (Å²) >= 11 is 0.949. The van der Waals surface area contributed by atoms with E-state index >= 15 is 0 Å². The molecule has 28 heavy (non-hydrogen) atoms. The summed E-state index contributed by atoms with van der Waals surface area (Å²) in [5.74, 6) is 0. The molecule has 0 aromatic heterocycles. The summed E-state index contributed by atoms with van der Waals surface area (Å²) in [4.78, 5) is 11.9. The van der Waals surface area contributed by atoms with E-state index in [-0.39, 0.29) is 17.1 Å². The normalized spacial score (nSPS) is 17.4. The van der Waals surface area contributed by atoms with Crippen molar-refractivity contribution in [3.05, 3.63) is 64.8 Å². The third-order valence-corrected chi connectivity index (χ3v) is 5.32. The average molecular weight is 414 g/mol. The second-order valence-electron chi connectivity index (χ2n) is 5.96. The molecule has 3 nitrogen and oxygen atoms in total. The van der Waals surface area contributed by atoms with E-state index in [2.05, 4.69) is 5.32 Å². The number of hydrogen-bond donors (Lipinski definition) is 1. The third-order valence-electron chi connectivity index (χ3n) is 4.21. The van der Waals surface area contributed by atoms with Crippen LogP contribution in [0.15, 0.2) is 59.3 Å². The van der Waals surface area contributed by atoms with Gasteiger partial charge in [0.25, 0.3) is 6.43 Å². The van der Waals surface area contributed by atoms with Crippen LogP contribution in [0.1, 0.15) is 12.5 Å².